The van der Waals surface area contributed by atoms with Gasteiger partial charge in [0.1, 0.15) is 0 Å². The number of fused-ring (bicyclic) bond motifs is 1. The highest BCUT2D eigenvalue weighted by atomic mass is 16.5. The molecule has 2 aromatic rings. The summed E-state index contributed by atoms with van der Waals surface area (Å²) in [6, 6.07) is 10.8. The zero-order valence-corrected chi connectivity index (χ0v) is 15.0. The largest absolute Gasteiger partial charge is 0.493 e. The van der Waals surface area contributed by atoms with Crippen molar-refractivity contribution in [3.63, 3.8) is 0 Å². The van der Waals surface area contributed by atoms with Crippen LogP contribution in [0.1, 0.15) is 29.3 Å². The molecule has 1 heterocycles. The van der Waals surface area contributed by atoms with Crippen molar-refractivity contribution in [1.29, 1.82) is 0 Å². The molecule has 0 fully saturated rings. The lowest BCUT2D eigenvalue weighted by atomic mass is 10.1. The van der Waals surface area contributed by atoms with E-state index in [4.69, 9.17) is 18.9 Å². The van der Waals surface area contributed by atoms with Crippen molar-refractivity contribution in [1.82, 2.24) is 0 Å². The molecule has 136 valence electrons. The van der Waals surface area contributed by atoms with E-state index in [1.807, 2.05) is 25.1 Å². The van der Waals surface area contributed by atoms with Crippen LogP contribution < -0.4 is 18.9 Å². The van der Waals surface area contributed by atoms with Gasteiger partial charge in [0.15, 0.2) is 28.8 Å². The van der Waals surface area contributed by atoms with Crippen molar-refractivity contribution < 1.29 is 23.7 Å². The van der Waals surface area contributed by atoms with E-state index >= 15 is 0 Å². The zero-order valence-electron chi connectivity index (χ0n) is 15.0. The van der Waals surface area contributed by atoms with Crippen LogP contribution in [0.2, 0.25) is 0 Å². The molecule has 5 nitrogen and oxygen atoms in total. The lowest BCUT2D eigenvalue weighted by molar-refractivity contribution is 0.104. The van der Waals surface area contributed by atoms with Crippen LogP contribution in [-0.4, -0.2) is 32.7 Å². The minimum atomic E-state index is -0.102. The lowest BCUT2D eigenvalue weighted by Crippen LogP contribution is -1.98. The highest BCUT2D eigenvalue weighted by Gasteiger charge is 2.13. The number of carbonyl (C=O) groups is 1. The van der Waals surface area contributed by atoms with Crippen molar-refractivity contribution in [2.45, 2.75) is 13.3 Å². The highest BCUT2D eigenvalue weighted by molar-refractivity contribution is 6.07. The number of hydrogen-bond acceptors (Lipinski definition) is 5. The lowest BCUT2D eigenvalue weighted by Gasteiger charge is -2.09. The van der Waals surface area contributed by atoms with E-state index in [1.165, 1.54) is 6.08 Å². The Labute approximate surface area is 153 Å². The van der Waals surface area contributed by atoms with Crippen molar-refractivity contribution in [3.05, 3.63) is 53.6 Å². The third kappa shape index (κ3) is 4.17. The zero-order chi connectivity index (χ0) is 18.4. The number of ether oxygens (including phenoxy) is 4. The Kier molecular flexibility index (Phi) is 5.79. The molecular formula is C21H22O5. The number of hydrogen-bond donors (Lipinski definition) is 0. The molecule has 0 aliphatic carbocycles. The third-order valence-corrected chi connectivity index (χ3v) is 3.95. The second-order valence-corrected chi connectivity index (χ2v) is 5.75. The second-order valence-electron chi connectivity index (χ2n) is 5.75. The van der Waals surface area contributed by atoms with Crippen LogP contribution in [0.15, 0.2) is 42.5 Å². The summed E-state index contributed by atoms with van der Waals surface area (Å²) in [5.41, 5.74) is 1.42. The van der Waals surface area contributed by atoms with Crippen molar-refractivity contribution >= 4 is 11.9 Å². The maximum Gasteiger partial charge on any atom is 0.185 e. The molecule has 0 radical (unpaired) electrons. The first kappa shape index (κ1) is 17.9. The summed E-state index contributed by atoms with van der Waals surface area (Å²) >= 11 is 0. The van der Waals surface area contributed by atoms with E-state index in [0.29, 0.717) is 48.4 Å². The first-order chi connectivity index (χ1) is 12.7. The van der Waals surface area contributed by atoms with Gasteiger partial charge >= 0.3 is 0 Å². The number of methoxy groups -OCH3 is 1. The smallest absolute Gasteiger partial charge is 0.185 e. The fourth-order valence-electron chi connectivity index (χ4n) is 2.65. The predicted octanol–water partition coefficient (Wildman–Crippen LogP) is 4.15. The molecule has 0 N–H and O–H groups in total. The Hall–Kier alpha value is -2.95. The molecule has 0 spiro atoms. The summed E-state index contributed by atoms with van der Waals surface area (Å²) in [5, 5.41) is 0. The van der Waals surface area contributed by atoms with Crippen LogP contribution in [-0.2, 0) is 0 Å². The minimum absolute atomic E-state index is 0.102. The summed E-state index contributed by atoms with van der Waals surface area (Å²) in [6.07, 6.45) is 4.13. The quantitative estimate of drug-likeness (QED) is 0.576. The van der Waals surface area contributed by atoms with Gasteiger partial charge in [0.05, 0.1) is 26.9 Å². The Morgan fingerprint density at radius 3 is 2.65 bits per heavy atom. The molecule has 1 aliphatic rings. The number of ketones is 1. The van der Waals surface area contributed by atoms with Crippen LogP contribution >= 0.6 is 0 Å². The molecule has 0 saturated heterocycles. The van der Waals surface area contributed by atoms with Crippen molar-refractivity contribution in [2.75, 3.05) is 26.9 Å². The number of allylic oxidation sites excluding steroid dienone is 1. The first-order valence-electron chi connectivity index (χ1n) is 8.64. The Morgan fingerprint density at radius 2 is 1.88 bits per heavy atom. The van der Waals surface area contributed by atoms with Crippen LogP contribution in [0.4, 0.5) is 0 Å². The summed E-state index contributed by atoms with van der Waals surface area (Å²) < 4.78 is 22.1. The maximum absolute atomic E-state index is 12.5. The second kappa shape index (κ2) is 8.43. The first-order valence-corrected chi connectivity index (χ1v) is 8.64. The van der Waals surface area contributed by atoms with Gasteiger partial charge in [-0.1, -0.05) is 12.1 Å². The summed E-state index contributed by atoms with van der Waals surface area (Å²) in [7, 11) is 1.60. The van der Waals surface area contributed by atoms with E-state index in [9.17, 15) is 4.79 Å². The van der Waals surface area contributed by atoms with Crippen LogP contribution in [0, 0.1) is 0 Å². The molecular weight excluding hydrogens is 332 g/mol. The predicted molar refractivity (Wildman–Crippen MR) is 99.6 cm³/mol. The van der Waals surface area contributed by atoms with Gasteiger partial charge < -0.3 is 18.9 Å². The average Bonchev–Trinajstić information content (AvgIpc) is 2.91. The Balaban J connectivity index is 1.77. The van der Waals surface area contributed by atoms with Gasteiger partial charge in [0, 0.05) is 12.0 Å². The molecule has 26 heavy (non-hydrogen) atoms. The topological polar surface area (TPSA) is 54.0 Å². The molecule has 2 aromatic carbocycles. The SMILES string of the molecule is CCOc1cc(/C=C/C(=O)c2ccc3c(c2)OCCCO3)ccc1OC. The fraction of sp³-hybridized carbons (Fsp3) is 0.286. The summed E-state index contributed by atoms with van der Waals surface area (Å²) in [5.74, 6) is 2.51. The number of carbonyl (C=O) groups excluding carboxylic acids is 1. The van der Waals surface area contributed by atoms with Gasteiger partial charge in [-0.05, 0) is 48.9 Å². The van der Waals surface area contributed by atoms with E-state index < -0.39 is 0 Å². The highest BCUT2D eigenvalue weighted by Crippen LogP contribution is 2.31. The molecule has 0 amide bonds. The Bertz CT molecular complexity index is 810. The van der Waals surface area contributed by atoms with E-state index in [0.717, 1.165) is 12.0 Å². The summed E-state index contributed by atoms with van der Waals surface area (Å²) in [6.45, 7) is 3.67. The minimum Gasteiger partial charge on any atom is -0.493 e. The average molecular weight is 354 g/mol. The Morgan fingerprint density at radius 1 is 1.08 bits per heavy atom. The van der Waals surface area contributed by atoms with Gasteiger partial charge in [-0.15, -0.1) is 0 Å². The molecule has 0 atom stereocenters. The van der Waals surface area contributed by atoms with E-state index in [-0.39, 0.29) is 5.78 Å². The molecule has 1 aliphatic heterocycles. The third-order valence-electron chi connectivity index (χ3n) is 3.95. The van der Waals surface area contributed by atoms with Gasteiger partial charge in [-0.3, -0.25) is 4.79 Å². The molecule has 0 saturated carbocycles. The van der Waals surface area contributed by atoms with Gasteiger partial charge in [0.2, 0.25) is 0 Å². The normalized spacial score (nSPS) is 13.3. The monoisotopic (exact) mass is 354 g/mol. The fourth-order valence-corrected chi connectivity index (χ4v) is 2.65. The summed E-state index contributed by atoms with van der Waals surface area (Å²) in [4.78, 5) is 12.5. The molecule has 3 rings (SSSR count). The maximum atomic E-state index is 12.5. The van der Waals surface area contributed by atoms with Crippen LogP contribution in [0.5, 0.6) is 23.0 Å². The van der Waals surface area contributed by atoms with Gasteiger partial charge in [0.25, 0.3) is 0 Å². The van der Waals surface area contributed by atoms with Gasteiger partial charge in [-0.25, -0.2) is 0 Å². The van der Waals surface area contributed by atoms with Crippen molar-refractivity contribution in [3.8, 4) is 23.0 Å². The number of benzene rings is 2. The molecule has 0 unspecified atom stereocenters. The van der Waals surface area contributed by atoms with E-state index in [1.54, 1.807) is 31.4 Å². The van der Waals surface area contributed by atoms with Crippen LogP contribution in [0.25, 0.3) is 6.08 Å². The van der Waals surface area contributed by atoms with Crippen molar-refractivity contribution in [2.24, 2.45) is 0 Å². The molecule has 5 heteroatoms. The van der Waals surface area contributed by atoms with E-state index in [2.05, 4.69) is 0 Å². The molecule has 0 bridgehead atoms. The molecule has 0 aromatic heterocycles. The number of rotatable bonds is 6. The standard InChI is InChI=1S/C21H22O5/c1-3-24-20-13-15(6-9-18(20)23-2)5-8-17(22)16-7-10-19-21(14-16)26-12-4-11-25-19/h5-10,13-14H,3-4,11-12H2,1-2H3/b8-5+. The van der Waals surface area contributed by atoms with Gasteiger partial charge in [-0.2, -0.15) is 0 Å². The van der Waals surface area contributed by atoms with Crippen LogP contribution in [0.3, 0.4) is 0 Å².